The van der Waals surface area contributed by atoms with Crippen molar-refractivity contribution in [2.24, 2.45) is 0 Å². The number of rotatable bonds is 1. The lowest BCUT2D eigenvalue weighted by Crippen LogP contribution is -2.15. The van der Waals surface area contributed by atoms with E-state index in [0.717, 1.165) is 0 Å². The largest absolute Gasteiger partial charge is 0.494 e. The smallest absolute Gasteiger partial charge is 0.341 e. The summed E-state index contributed by atoms with van der Waals surface area (Å²) in [6.07, 6.45) is 0. The Balaban J connectivity index is 3.63. The van der Waals surface area contributed by atoms with E-state index in [-0.39, 0.29) is 11.1 Å². The van der Waals surface area contributed by atoms with Crippen molar-refractivity contribution in [1.82, 2.24) is 4.98 Å². The van der Waals surface area contributed by atoms with E-state index in [1.807, 2.05) is 4.98 Å². The summed E-state index contributed by atoms with van der Waals surface area (Å²) in [5.74, 6) is -1.85. The first kappa shape index (κ1) is 9.31. The molecule has 0 aliphatic carbocycles. The van der Waals surface area contributed by atoms with E-state index >= 15 is 0 Å². The van der Waals surface area contributed by atoms with E-state index < -0.39 is 17.4 Å². The molecule has 0 unspecified atom stereocenters. The van der Waals surface area contributed by atoms with E-state index in [4.69, 9.17) is 10.2 Å². The molecule has 0 fully saturated rings. The molecule has 5 heteroatoms. The highest BCUT2D eigenvalue weighted by Crippen LogP contribution is 2.17. The average Bonchev–Trinajstić information content (AvgIpc) is 1.99. The van der Waals surface area contributed by atoms with Crippen LogP contribution in [0.15, 0.2) is 4.79 Å². The Hall–Kier alpha value is -1.78. The Morgan fingerprint density at radius 2 is 1.85 bits per heavy atom. The van der Waals surface area contributed by atoms with Crippen LogP contribution in [-0.2, 0) is 0 Å². The number of aromatic hydroxyl groups is 1. The fourth-order valence-electron chi connectivity index (χ4n) is 1.06. The second kappa shape index (κ2) is 2.93. The van der Waals surface area contributed by atoms with Gasteiger partial charge in [0.2, 0.25) is 5.88 Å². The van der Waals surface area contributed by atoms with E-state index in [2.05, 4.69) is 0 Å². The van der Waals surface area contributed by atoms with Crippen LogP contribution in [0, 0.1) is 13.8 Å². The number of carbonyl (C=O) groups is 1. The molecule has 0 aliphatic heterocycles. The lowest BCUT2D eigenvalue weighted by molar-refractivity contribution is 0.0692. The summed E-state index contributed by atoms with van der Waals surface area (Å²) in [4.78, 5) is 23.7. The number of nitrogens with one attached hydrogen (secondary N) is 1. The van der Waals surface area contributed by atoms with Crippen LogP contribution in [0.1, 0.15) is 21.5 Å². The lowest BCUT2D eigenvalue weighted by Gasteiger charge is -2.05. The predicted molar refractivity (Wildman–Crippen MR) is 45.2 cm³/mol. The molecule has 0 atom stereocenters. The zero-order valence-corrected chi connectivity index (χ0v) is 7.21. The second-order valence-electron chi connectivity index (χ2n) is 2.73. The Morgan fingerprint density at radius 1 is 1.31 bits per heavy atom. The fraction of sp³-hybridized carbons (Fsp3) is 0.250. The lowest BCUT2D eigenvalue weighted by atomic mass is 10.1. The van der Waals surface area contributed by atoms with Gasteiger partial charge in [0.05, 0.1) is 0 Å². The Labute approximate surface area is 73.7 Å². The maximum absolute atomic E-state index is 11.0. The number of hydrogen-bond donors (Lipinski definition) is 3. The van der Waals surface area contributed by atoms with Gasteiger partial charge in [-0.3, -0.25) is 9.78 Å². The number of carboxylic acids is 1. The molecule has 1 aromatic heterocycles. The molecule has 1 heterocycles. The summed E-state index contributed by atoms with van der Waals surface area (Å²) in [5.41, 5.74) is -0.138. The van der Waals surface area contributed by atoms with Gasteiger partial charge in [-0.05, 0) is 19.4 Å². The van der Waals surface area contributed by atoms with Crippen molar-refractivity contribution >= 4 is 5.97 Å². The summed E-state index contributed by atoms with van der Waals surface area (Å²) < 4.78 is 0. The fourth-order valence-corrected chi connectivity index (χ4v) is 1.06. The zero-order chi connectivity index (χ0) is 10.2. The third-order valence-corrected chi connectivity index (χ3v) is 1.96. The molecule has 5 nitrogen and oxygen atoms in total. The summed E-state index contributed by atoms with van der Waals surface area (Å²) in [5, 5.41) is 17.8. The van der Waals surface area contributed by atoms with Gasteiger partial charge in [-0.15, -0.1) is 0 Å². The second-order valence-corrected chi connectivity index (χ2v) is 2.73. The van der Waals surface area contributed by atoms with E-state index in [1.54, 1.807) is 0 Å². The van der Waals surface area contributed by atoms with Gasteiger partial charge in [0.25, 0.3) is 5.56 Å². The number of aromatic carboxylic acids is 1. The first-order valence-electron chi connectivity index (χ1n) is 3.61. The summed E-state index contributed by atoms with van der Waals surface area (Å²) in [6, 6.07) is 0. The van der Waals surface area contributed by atoms with Crippen LogP contribution in [0.3, 0.4) is 0 Å². The van der Waals surface area contributed by atoms with E-state index in [9.17, 15) is 9.59 Å². The van der Waals surface area contributed by atoms with Crippen LogP contribution in [0.25, 0.3) is 0 Å². The number of carboxylic acid groups (broad SMARTS) is 1. The Morgan fingerprint density at radius 3 is 2.31 bits per heavy atom. The van der Waals surface area contributed by atoms with Crippen LogP contribution in [0.2, 0.25) is 0 Å². The minimum Gasteiger partial charge on any atom is -0.494 e. The summed E-state index contributed by atoms with van der Waals surface area (Å²) >= 11 is 0. The topological polar surface area (TPSA) is 90.4 Å². The van der Waals surface area contributed by atoms with Crippen molar-refractivity contribution in [2.75, 3.05) is 0 Å². The first-order chi connectivity index (χ1) is 5.95. The van der Waals surface area contributed by atoms with Crippen molar-refractivity contribution in [3.05, 3.63) is 27.0 Å². The molecular weight excluding hydrogens is 174 g/mol. The summed E-state index contributed by atoms with van der Waals surface area (Å²) in [6.45, 7) is 2.98. The van der Waals surface area contributed by atoms with Crippen LogP contribution >= 0.6 is 0 Å². The number of aromatic nitrogens is 1. The van der Waals surface area contributed by atoms with Gasteiger partial charge >= 0.3 is 5.97 Å². The van der Waals surface area contributed by atoms with Gasteiger partial charge in [0, 0.05) is 5.56 Å². The minimum absolute atomic E-state index is 0.253. The standard InChI is InChI=1S/C8H9NO4/c1-3-4(2)6(10)9-7(11)5(3)8(12)13/h1-2H3,(H,12,13)(H2,9,10,11). The highest BCUT2D eigenvalue weighted by atomic mass is 16.4. The van der Waals surface area contributed by atoms with Crippen LogP contribution in [0.4, 0.5) is 0 Å². The Kier molecular flexibility index (Phi) is 2.10. The highest BCUT2D eigenvalue weighted by Gasteiger charge is 2.16. The average molecular weight is 183 g/mol. The van der Waals surface area contributed by atoms with Crippen molar-refractivity contribution < 1.29 is 15.0 Å². The molecule has 1 rings (SSSR count). The van der Waals surface area contributed by atoms with Crippen molar-refractivity contribution in [2.45, 2.75) is 13.8 Å². The molecule has 0 saturated carbocycles. The molecular formula is C8H9NO4. The molecule has 0 radical (unpaired) electrons. The first-order valence-corrected chi connectivity index (χ1v) is 3.61. The van der Waals surface area contributed by atoms with E-state index in [1.165, 1.54) is 13.8 Å². The van der Waals surface area contributed by atoms with Gasteiger partial charge < -0.3 is 10.2 Å². The van der Waals surface area contributed by atoms with Gasteiger partial charge in [-0.25, -0.2) is 4.79 Å². The monoisotopic (exact) mass is 183 g/mol. The van der Waals surface area contributed by atoms with Gasteiger partial charge in [-0.2, -0.15) is 0 Å². The number of aromatic amines is 1. The van der Waals surface area contributed by atoms with Crippen LogP contribution < -0.4 is 5.56 Å². The number of pyridine rings is 1. The molecule has 0 spiro atoms. The molecule has 70 valence electrons. The molecule has 0 aliphatic rings. The van der Waals surface area contributed by atoms with Crippen molar-refractivity contribution in [1.29, 1.82) is 0 Å². The van der Waals surface area contributed by atoms with Gasteiger partial charge in [0.1, 0.15) is 5.56 Å². The molecule has 0 aromatic carbocycles. The number of H-pyrrole nitrogens is 1. The minimum atomic E-state index is -1.26. The number of hydrogen-bond acceptors (Lipinski definition) is 3. The van der Waals surface area contributed by atoms with Crippen molar-refractivity contribution in [3.63, 3.8) is 0 Å². The normalized spacial score (nSPS) is 10.0. The van der Waals surface area contributed by atoms with Gasteiger partial charge in [0.15, 0.2) is 0 Å². The quantitative estimate of drug-likeness (QED) is 0.587. The molecule has 0 bridgehead atoms. The SMILES string of the molecule is Cc1c(C(=O)O)c(O)[nH]c(=O)c1C. The van der Waals surface area contributed by atoms with E-state index in [0.29, 0.717) is 5.56 Å². The van der Waals surface area contributed by atoms with Crippen LogP contribution in [0.5, 0.6) is 5.88 Å². The highest BCUT2D eigenvalue weighted by molar-refractivity contribution is 5.92. The molecule has 3 N–H and O–H groups in total. The molecule has 0 amide bonds. The molecule has 1 aromatic rings. The van der Waals surface area contributed by atoms with Crippen molar-refractivity contribution in [3.8, 4) is 5.88 Å². The maximum Gasteiger partial charge on any atom is 0.341 e. The maximum atomic E-state index is 11.0. The molecule has 13 heavy (non-hydrogen) atoms. The molecule has 0 saturated heterocycles. The Bertz CT molecular complexity index is 419. The predicted octanol–water partition coefficient (Wildman–Crippen LogP) is 0.396. The zero-order valence-electron chi connectivity index (χ0n) is 7.21. The van der Waals surface area contributed by atoms with Gasteiger partial charge in [-0.1, -0.05) is 0 Å². The third-order valence-electron chi connectivity index (χ3n) is 1.96. The van der Waals surface area contributed by atoms with Crippen LogP contribution in [-0.4, -0.2) is 21.2 Å². The third kappa shape index (κ3) is 1.40. The summed E-state index contributed by atoms with van der Waals surface area (Å²) in [7, 11) is 0.